The van der Waals surface area contributed by atoms with Gasteiger partial charge in [0.1, 0.15) is 5.82 Å². The van der Waals surface area contributed by atoms with Crippen LogP contribution in [0.3, 0.4) is 0 Å². The second-order valence-electron chi connectivity index (χ2n) is 9.60. The summed E-state index contributed by atoms with van der Waals surface area (Å²) in [6, 6.07) is 21.9. The molecule has 38 heavy (non-hydrogen) atoms. The first kappa shape index (κ1) is 25.6. The second-order valence-corrected chi connectivity index (χ2v) is 9.99. The Balaban J connectivity index is 1.48. The number of rotatable bonds is 7. The summed E-state index contributed by atoms with van der Waals surface area (Å²) in [4.78, 5) is 19.5. The van der Waals surface area contributed by atoms with E-state index in [1.807, 2.05) is 73.9 Å². The topological polar surface area (TPSA) is 62.2 Å². The minimum atomic E-state index is -0.285. The van der Waals surface area contributed by atoms with Crippen molar-refractivity contribution in [1.82, 2.24) is 19.8 Å². The first-order valence-electron chi connectivity index (χ1n) is 12.6. The SMILES string of the molecule is Cc1cccc(NC(=O)CCN2C(=S)N[C@H](c3ccccn3)[C@H]2c2cc(C)n(-c3ccccc3F)c2C)c1. The van der Waals surface area contributed by atoms with Crippen LogP contribution in [0.2, 0.25) is 0 Å². The maximum atomic E-state index is 14.8. The normalized spacial score (nSPS) is 16.9. The van der Waals surface area contributed by atoms with Crippen molar-refractivity contribution in [3.8, 4) is 5.69 Å². The molecule has 1 saturated heterocycles. The Morgan fingerprint density at radius 2 is 1.84 bits per heavy atom. The van der Waals surface area contributed by atoms with Gasteiger partial charge in [0.05, 0.1) is 23.5 Å². The molecule has 0 radical (unpaired) electrons. The largest absolute Gasteiger partial charge is 0.352 e. The summed E-state index contributed by atoms with van der Waals surface area (Å²) in [7, 11) is 0. The van der Waals surface area contributed by atoms with Crippen LogP contribution in [0.5, 0.6) is 0 Å². The standard InChI is InChI=1S/C30H30FN5OS/c1-19-9-8-10-22(17-19)33-27(37)14-16-35-29(28(34-30(35)38)25-12-6-7-15-32-25)23-18-20(2)36(21(23)3)26-13-5-4-11-24(26)31/h4-13,15,17-18,28-29H,14,16H2,1-3H3,(H,33,37)(H,34,38)/t28-,29-/m1/s1. The van der Waals surface area contributed by atoms with Gasteiger partial charge in [0.15, 0.2) is 5.11 Å². The van der Waals surface area contributed by atoms with Crippen molar-refractivity contribution in [2.24, 2.45) is 0 Å². The lowest BCUT2D eigenvalue weighted by Crippen LogP contribution is -2.32. The molecule has 0 spiro atoms. The van der Waals surface area contributed by atoms with Crippen molar-refractivity contribution in [1.29, 1.82) is 0 Å². The maximum absolute atomic E-state index is 14.8. The molecule has 8 heteroatoms. The molecule has 1 aliphatic heterocycles. The van der Waals surface area contributed by atoms with Crippen molar-refractivity contribution in [3.63, 3.8) is 0 Å². The molecule has 1 aliphatic rings. The number of pyridine rings is 1. The van der Waals surface area contributed by atoms with E-state index in [1.54, 1.807) is 18.3 Å². The highest BCUT2D eigenvalue weighted by Crippen LogP contribution is 2.41. The Morgan fingerprint density at radius 3 is 2.58 bits per heavy atom. The van der Waals surface area contributed by atoms with E-state index < -0.39 is 0 Å². The molecule has 2 aromatic carbocycles. The van der Waals surface area contributed by atoms with Crippen LogP contribution >= 0.6 is 12.2 Å². The first-order valence-corrected chi connectivity index (χ1v) is 13.0. The molecule has 0 aliphatic carbocycles. The van der Waals surface area contributed by atoms with E-state index in [0.717, 1.165) is 33.9 Å². The van der Waals surface area contributed by atoms with Gasteiger partial charge in [-0.1, -0.05) is 30.3 Å². The van der Waals surface area contributed by atoms with Crippen molar-refractivity contribution >= 4 is 28.9 Å². The number of carbonyl (C=O) groups is 1. The van der Waals surface area contributed by atoms with Gasteiger partial charge < -0.3 is 20.1 Å². The van der Waals surface area contributed by atoms with Gasteiger partial charge in [-0.05, 0) is 86.6 Å². The molecule has 2 N–H and O–H groups in total. The molecular formula is C30H30FN5OS. The van der Waals surface area contributed by atoms with Crippen molar-refractivity contribution < 1.29 is 9.18 Å². The van der Waals surface area contributed by atoms with Crippen molar-refractivity contribution in [2.45, 2.75) is 39.3 Å². The van der Waals surface area contributed by atoms with Crippen LogP contribution in [0.4, 0.5) is 10.1 Å². The Hall–Kier alpha value is -4.04. The highest BCUT2D eigenvalue weighted by Gasteiger charge is 2.41. The zero-order valence-electron chi connectivity index (χ0n) is 21.6. The number of anilines is 1. The summed E-state index contributed by atoms with van der Waals surface area (Å²) in [5.41, 5.74) is 6.04. The Kier molecular flexibility index (Phi) is 7.24. The lowest BCUT2D eigenvalue weighted by atomic mass is 9.96. The predicted molar refractivity (Wildman–Crippen MR) is 152 cm³/mol. The smallest absolute Gasteiger partial charge is 0.226 e. The van der Waals surface area contributed by atoms with Crippen LogP contribution in [-0.2, 0) is 4.79 Å². The highest BCUT2D eigenvalue weighted by atomic mass is 32.1. The fraction of sp³-hybridized carbons (Fsp3) is 0.233. The van der Waals surface area contributed by atoms with Crippen LogP contribution < -0.4 is 10.6 Å². The van der Waals surface area contributed by atoms with Gasteiger partial charge in [-0.2, -0.15) is 0 Å². The van der Waals surface area contributed by atoms with Gasteiger partial charge in [-0.15, -0.1) is 0 Å². The molecular weight excluding hydrogens is 497 g/mol. The molecule has 0 bridgehead atoms. The number of benzene rings is 2. The minimum Gasteiger partial charge on any atom is -0.352 e. The quantitative estimate of drug-likeness (QED) is 0.292. The van der Waals surface area contributed by atoms with E-state index in [1.165, 1.54) is 6.07 Å². The number of nitrogens with zero attached hydrogens (tertiary/aromatic N) is 3. The van der Waals surface area contributed by atoms with Crippen LogP contribution in [0.1, 0.15) is 46.7 Å². The fourth-order valence-electron chi connectivity index (χ4n) is 5.24. The minimum absolute atomic E-state index is 0.0877. The summed E-state index contributed by atoms with van der Waals surface area (Å²) < 4.78 is 16.7. The number of thiocarbonyl (C=S) groups is 1. The van der Waals surface area contributed by atoms with Crippen molar-refractivity contribution in [3.05, 3.63) is 113 Å². The number of aromatic nitrogens is 2. The van der Waals surface area contributed by atoms with Crippen LogP contribution in [-0.4, -0.2) is 32.0 Å². The average Bonchev–Trinajstić information content (AvgIpc) is 3.38. The van der Waals surface area contributed by atoms with E-state index in [9.17, 15) is 9.18 Å². The summed E-state index contributed by atoms with van der Waals surface area (Å²) in [6.45, 7) is 6.37. The van der Waals surface area contributed by atoms with E-state index >= 15 is 0 Å². The number of amides is 1. The molecule has 1 amide bonds. The molecule has 2 aromatic heterocycles. The maximum Gasteiger partial charge on any atom is 0.226 e. The fourth-order valence-corrected chi connectivity index (χ4v) is 5.58. The molecule has 3 heterocycles. The number of halogens is 1. The van der Waals surface area contributed by atoms with Gasteiger partial charge in [0.2, 0.25) is 5.91 Å². The molecule has 1 fully saturated rings. The summed E-state index contributed by atoms with van der Waals surface area (Å²) in [5, 5.41) is 6.98. The Morgan fingerprint density at radius 1 is 1.05 bits per heavy atom. The average molecular weight is 528 g/mol. The molecule has 4 aromatic rings. The van der Waals surface area contributed by atoms with E-state index in [-0.39, 0.29) is 30.2 Å². The number of carbonyl (C=O) groups excluding carboxylic acids is 1. The lowest BCUT2D eigenvalue weighted by Gasteiger charge is -2.28. The number of para-hydroxylation sites is 1. The summed E-state index contributed by atoms with van der Waals surface area (Å²) in [6.07, 6.45) is 2.02. The first-order chi connectivity index (χ1) is 18.3. The molecule has 0 unspecified atom stereocenters. The van der Waals surface area contributed by atoms with Crippen LogP contribution in [0.25, 0.3) is 5.69 Å². The number of nitrogens with one attached hydrogen (secondary N) is 2. The molecule has 194 valence electrons. The zero-order chi connectivity index (χ0) is 26.8. The third-order valence-electron chi connectivity index (χ3n) is 6.96. The van der Waals surface area contributed by atoms with Gasteiger partial charge in [-0.25, -0.2) is 4.39 Å². The van der Waals surface area contributed by atoms with Gasteiger partial charge in [0.25, 0.3) is 0 Å². The summed E-state index contributed by atoms with van der Waals surface area (Å²) >= 11 is 5.78. The molecule has 2 atom stereocenters. The summed E-state index contributed by atoms with van der Waals surface area (Å²) in [5.74, 6) is -0.373. The van der Waals surface area contributed by atoms with Gasteiger partial charge in [0, 0.05) is 36.2 Å². The monoisotopic (exact) mass is 527 g/mol. The Bertz CT molecular complexity index is 1490. The third-order valence-corrected chi connectivity index (χ3v) is 7.31. The number of hydrogen-bond acceptors (Lipinski definition) is 3. The zero-order valence-corrected chi connectivity index (χ0v) is 22.4. The highest BCUT2D eigenvalue weighted by molar-refractivity contribution is 7.80. The third kappa shape index (κ3) is 5.04. The van der Waals surface area contributed by atoms with E-state index in [4.69, 9.17) is 12.2 Å². The predicted octanol–water partition coefficient (Wildman–Crippen LogP) is 5.94. The second kappa shape index (κ2) is 10.8. The van der Waals surface area contributed by atoms with Gasteiger partial charge in [-0.3, -0.25) is 9.78 Å². The molecule has 6 nitrogen and oxygen atoms in total. The van der Waals surface area contributed by atoms with Crippen LogP contribution in [0, 0.1) is 26.6 Å². The number of aryl methyl sites for hydroxylation is 2. The van der Waals surface area contributed by atoms with E-state index in [2.05, 4.69) is 26.6 Å². The molecule has 5 rings (SSSR count). The van der Waals surface area contributed by atoms with Gasteiger partial charge >= 0.3 is 0 Å². The van der Waals surface area contributed by atoms with Crippen LogP contribution in [0.15, 0.2) is 79.0 Å². The Labute approximate surface area is 227 Å². The molecule has 0 saturated carbocycles. The number of hydrogen-bond donors (Lipinski definition) is 2. The van der Waals surface area contributed by atoms with E-state index in [0.29, 0.717) is 17.3 Å². The van der Waals surface area contributed by atoms with Crippen molar-refractivity contribution in [2.75, 3.05) is 11.9 Å². The lowest BCUT2D eigenvalue weighted by molar-refractivity contribution is -0.116.